The fourth-order valence-electron chi connectivity index (χ4n) is 1.46. The molecule has 4 N–H and O–H groups in total. The summed E-state index contributed by atoms with van der Waals surface area (Å²) in [6, 6.07) is -1.22. The SMILES string of the molecule is CC(=O)N[C@H]1C(O)OC(CO)[C@H](F)[C@@H]1O. The molecule has 1 saturated heterocycles. The maximum atomic E-state index is 13.3. The average Bonchev–Trinajstić information content (AvgIpc) is 2.18. The predicted molar refractivity (Wildman–Crippen MR) is 46.5 cm³/mol. The zero-order valence-corrected chi connectivity index (χ0v) is 8.13. The number of aliphatic hydroxyl groups is 3. The molecule has 0 aromatic heterocycles. The molecule has 6 nitrogen and oxygen atoms in total. The quantitative estimate of drug-likeness (QED) is 0.430. The third-order valence-electron chi connectivity index (χ3n) is 2.22. The summed E-state index contributed by atoms with van der Waals surface area (Å²) in [5, 5.41) is 29.6. The van der Waals surface area contributed by atoms with Crippen LogP contribution in [-0.2, 0) is 9.53 Å². The van der Waals surface area contributed by atoms with Gasteiger partial charge < -0.3 is 25.4 Å². The largest absolute Gasteiger partial charge is 0.394 e. The van der Waals surface area contributed by atoms with Crippen molar-refractivity contribution in [2.75, 3.05) is 6.61 Å². The first-order valence-electron chi connectivity index (χ1n) is 4.51. The number of halogens is 1. The van der Waals surface area contributed by atoms with E-state index >= 15 is 0 Å². The zero-order chi connectivity index (χ0) is 11.6. The van der Waals surface area contributed by atoms with Crippen LogP contribution >= 0.6 is 0 Å². The van der Waals surface area contributed by atoms with Gasteiger partial charge in [0.15, 0.2) is 12.5 Å². The van der Waals surface area contributed by atoms with Crippen molar-refractivity contribution in [3.63, 3.8) is 0 Å². The Morgan fingerprint density at radius 3 is 2.60 bits per heavy atom. The van der Waals surface area contributed by atoms with Gasteiger partial charge in [0.2, 0.25) is 5.91 Å². The summed E-state index contributed by atoms with van der Waals surface area (Å²) in [7, 11) is 0. The van der Waals surface area contributed by atoms with Gasteiger partial charge in [0.05, 0.1) is 6.61 Å². The first-order chi connectivity index (χ1) is 6.97. The van der Waals surface area contributed by atoms with Gasteiger partial charge in [-0.2, -0.15) is 0 Å². The molecule has 0 aliphatic carbocycles. The van der Waals surface area contributed by atoms with Gasteiger partial charge in [-0.3, -0.25) is 4.79 Å². The highest BCUT2D eigenvalue weighted by Gasteiger charge is 2.45. The van der Waals surface area contributed by atoms with E-state index in [1.807, 2.05) is 0 Å². The Morgan fingerprint density at radius 1 is 1.53 bits per heavy atom. The van der Waals surface area contributed by atoms with Crippen LogP contribution in [0.15, 0.2) is 0 Å². The molecule has 0 radical (unpaired) electrons. The van der Waals surface area contributed by atoms with Crippen molar-refractivity contribution in [3.05, 3.63) is 0 Å². The topological polar surface area (TPSA) is 99.0 Å². The number of carbonyl (C=O) groups excluding carboxylic acids is 1. The number of hydrogen-bond acceptors (Lipinski definition) is 5. The van der Waals surface area contributed by atoms with E-state index in [-0.39, 0.29) is 0 Å². The van der Waals surface area contributed by atoms with Crippen molar-refractivity contribution in [1.29, 1.82) is 0 Å². The maximum Gasteiger partial charge on any atom is 0.217 e. The average molecular weight is 223 g/mol. The van der Waals surface area contributed by atoms with Crippen molar-refractivity contribution >= 4 is 5.91 Å². The number of alkyl halides is 1. The zero-order valence-electron chi connectivity index (χ0n) is 8.13. The third kappa shape index (κ3) is 2.63. The van der Waals surface area contributed by atoms with Crippen LogP contribution in [0.4, 0.5) is 4.39 Å². The Labute approximate surface area is 85.7 Å². The number of carbonyl (C=O) groups is 1. The minimum absolute atomic E-state index is 0.517. The fraction of sp³-hybridized carbons (Fsp3) is 0.875. The van der Waals surface area contributed by atoms with Crippen LogP contribution in [0.25, 0.3) is 0 Å². The molecule has 1 fully saturated rings. The molecule has 7 heteroatoms. The molecule has 88 valence electrons. The Bertz CT molecular complexity index is 239. The first kappa shape index (κ1) is 12.3. The molecule has 0 aromatic rings. The van der Waals surface area contributed by atoms with Crippen LogP contribution in [0.3, 0.4) is 0 Å². The maximum absolute atomic E-state index is 13.3. The van der Waals surface area contributed by atoms with E-state index in [9.17, 15) is 19.4 Å². The summed E-state index contributed by atoms with van der Waals surface area (Å²) in [4.78, 5) is 10.7. The van der Waals surface area contributed by atoms with Crippen molar-refractivity contribution < 1.29 is 29.2 Å². The van der Waals surface area contributed by atoms with E-state index in [0.29, 0.717) is 0 Å². The van der Waals surface area contributed by atoms with Crippen LogP contribution in [0, 0.1) is 0 Å². The van der Waals surface area contributed by atoms with Gasteiger partial charge in [0.25, 0.3) is 0 Å². The highest BCUT2D eigenvalue weighted by Crippen LogP contribution is 2.22. The summed E-state index contributed by atoms with van der Waals surface area (Å²) in [6.07, 6.45) is -6.27. The highest BCUT2D eigenvalue weighted by molar-refractivity contribution is 5.73. The standard InChI is InChI=1S/C8H14FNO5/c1-3(12)10-6-7(13)5(9)4(2-11)15-8(6)14/h4-8,11,13-14H,2H2,1H3,(H,10,12)/t4?,5-,6+,7-,8?/m0/s1. The smallest absolute Gasteiger partial charge is 0.217 e. The van der Waals surface area contributed by atoms with Crippen molar-refractivity contribution in [1.82, 2.24) is 5.32 Å². The van der Waals surface area contributed by atoms with Crippen LogP contribution in [0.5, 0.6) is 0 Å². The number of ether oxygens (including phenoxy) is 1. The summed E-state index contributed by atoms with van der Waals surface area (Å²) in [6.45, 7) is 0.521. The van der Waals surface area contributed by atoms with Gasteiger partial charge >= 0.3 is 0 Å². The monoisotopic (exact) mass is 223 g/mol. The minimum atomic E-state index is -1.85. The number of aliphatic hydroxyl groups excluding tert-OH is 3. The molecule has 1 heterocycles. The number of hydrogen-bond donors (Lipinski definition) is 4. The normalized spacial score (nSPS) is 41.3. The van der Waals surface area contributed by atoms with E-state index in [2.05, 4.69) is 10.1 Å². The van der Waals surface area contributed by atoms with Crippen LogP contribution < -0.4 is 5.32 Å². The summed E-state index contributed by atoms with van der Waals surface area (Å²) >= 11 is 0. The minimum Gasteiger partial charge on any atom is -0.394 e. The lowest BCUT2D eigenvalue weighted by Crippen LogP contribution is -2.62. The number of amides is 1. The van der Waals surface area contributed by atoms with E-state index in [1.54, 1.807) is 0 Å². The second-order valence-electron chi connectivity index (χ2n) is 3.41. The van der Waals surface area contributed by atoms with Crippen molar-refractivity contribution in [2.45, 2.75) is 37.6 Å². The molecule has 1 amide bonds. The lowest BCUT2D eigenvalue weighted by atomic mass is 9.98. The van der Waals surface area contributed by atoms with Crippen LogP contribution in [-0.4, -0.2) is 58.5 Å². The summed E-state index contributed by atoms with van der Waals surface area (Å²) in [5.41, 5.74) is 0. The Kier molecular flexibility index (Phi) is 3.97. The van der Waals surface area contributed by atoms with E-state index in [4.69, 9.17) is 5.11 Å². The first-order valence-corrected chi connectivity index (χ1v) is 4.51. The summed E-state index contributed by atoms with van der Waals surface area (Å²) in [5.74, 6) is -0.517. The molecular formula is C8H14FNO5. The second kappa shape index (κ2) is 4.84. The molecule has 15 heavy (non-hydrogen) atoms. The van der Waals surface area contributed by atoms with Gasteiger partial charge in [-0.25, -0.2) is 4.39 Å². The van der Waals surface area contributed by atoms with E-state index < -0.39 is 43.2 Å². The van der Waals surface area contributed by atoms with Gasteiger partial charge in [0.1, 0.15) is 18.2 Å². The van der Waals surface area contributed by atoms with Gasteiger partial charge in [0, 0.05) is 6.92 Å². The van der Waals surface area contributed by atoms with Gasteiger partial charge in [-0.05, 0) is 0 Å². The van der Waals surface area contributed by atoms with Crippen molar-refractivity contribution in [3.8, 4) is 0 Å². The molecule has 1 aliphatic heterocycles. The molecular weight excluding hydrogens is 209 g/mol. The lowest BCUT2D eigenvalue weighted by molar-refractivity contribution is -0.240. The molecule has 0 spiro atoms. The summed E-state index contributed by atoms with van der Waals surface area (Å²) < 4.78 is 18.0. The number of nitrogens with one attached hydrogen (secondary N) is 1. The number of rotatable bonds is 2. The van der Waals surface area contributed by atoms with E-state index in [1.165, 1.54) is 6.92 Å². The molecule has 0 bridgehead atoms. The molecule has 2 unspecified atom stereocenters. The molecule has 1 aliphatic rings. The molecule has 5 atom stereocenters. The third-order valence-corrected chi connectivity index (χ3v) is 2.22. The van der Waals surface area contributed by atoms with E-state index in [0.717, 1.165) is 0 Å². The Balaban J connectivity index is 2.70. The van der Waals surface area contributed by atoms with Crippen LogP contribution in [0.2, 0.25) is 0 Å². The predicted octanol–water partition coefficient (Wildman–Crippen LogP) is -2.10. The fourth-order valence-corrected chi connectivity index (χ4v) is 1.46. The van der Waals surface area contributed by atoms with Gasteiger partial charge in [-0.15, -0.1) is 0 Å². The molecule has 1 rings (SSSR count). The highest BCUT2D eigenvalue weighted by atomic mass is 19.1. The Hall–Kier alpha value is -0.760. The molecule has 0 aromatic carbocycles. The Morgan fingerprint density at radius 2 is 2.13 bits per heavy atom. The van der Waals surface area contributed by atoms with Crippen molar-refractivity contribution in [2.24, 2.45) is 0 Å². The van der Waals surface area contributed by atoms with Gasteiger partial charge in [-0.1, -0.05) is 0 Å². The van der Waals surface area contributed by atoms with Crippen LogP contribution in [0.1, 0.15) is 6.92 Å². The molecule has 0 saturated carbocycles. The second-order valence-corrected chi connectivity index (χ2v) is 3.41. The lowest BCUT2D eigenvalue weighted by Gasteiger charge is -2.38.